The first-order chi connectivity index (χ1) is 8.13. The van der Waals surface area contributed by atoms with E-state index in [9.17, 15) is 9.18 Å². The summed E-state index contributed by atoms with van der Waals surface area (Å²) in [5.74, 6) is -1.25. The van der Waals surface area contributed by atoms with Gasteiger partial charge in [0.2, 0.25) is 0 Å². The number of aromatic carboxylic acids is 1. The van der Waals surface area contributed by atoms with Gasteiger partial charge in [-0.05, 0) is 12.3 Å². The van der Waals surface area contributed by atoms with Gasteiger partial charge in [-0.25, -0.2) is 13.9 Å². The molecule has 90 valence electrons. The second-order valence-electron chi connectivity index (χ2n) is 3.43. The van der Waals surface area contributed by atoms with E-state index in [1.165, 1.54) is 6.07 Å². The highest BCUT2D eigenvalue weighted by Crippen LogP contribution is 2.17. The molecule has 0 saturated carbocycles. The van der Waals surface area contributed by atoms with Crippen molar-refractivity contribution in [1.29, 1.82) is 0 Å². The normalized spacial score (nSPS) is 10.9. The zero-order chi connectivity index (χ0) is 12.4. The van der Waals surface area contributed by atoms with Crippen LogP contribution in [0.3, 0.4) is 0 Å². The maximum atomic E-state index is 13.4. The Labute approximate surface area is 101 Å². The fourth-order valence-electron chi connectivity index (χ4n) is 1.50. The average molecular weight is 255 g/mol. The Morgan fingerprint density at radius 1 is 1.59 bits per heavy atom. The summed E-state index contributed by atoms with van der Waals surface area (Å²) in [6.07, 6.45) is 1.96. The summed E-state index contributed by atoms with van der Waals surface area (Å²) in [5.41, 5.74) is 0.552. The summed E-state index contributed by atoms with van der Waals surface area (Å²) in [6, 6.07) is 2.37. The third-order valence-electron chi connectivity index (χ3n) is 2.34. The number of aromatic nitrogens is 3. The predicted molar refractivity (Wildman–Crippen MR) is 62.8 cm³/mol. The van der Waals surface area contributed by atoms with Crippen LogP contribution in [-0.4, -0.2) is 38.1 Å². The minimum Gasteiger partial charge on any atom is -0.478 e. The molecule has 1 N–H and O–H groups in total. The zero-order valence-electron chi connectivity index (χ0n) is 9.05. The van der Waals surface area contributed by atoms with E-state index in [2.05, 4.69) is 10.3 Å². The minimum atomic E-state index is -1.29. The van der Waals surface area contributed by atoms with Crippen molar-refractivity contribution in [2.45, 2.75) is 6.54 Å². The SMILES string of the molecule is CSCCn1nnc2cc(F)c(C(=O)O)cc21. The van der Waals surface area contributed by atoms with Crippen LogP contribution >= 0.6 is 11.8 Å². The number of hydrogen-bond donors (Lipinski definition) is 1. The number of rotatable bonds is 4. The molecule has 0 fully saturated rings. The van der Waals surface area contributed by atoms with E-state index >= 15 is 0 Å². The summed E-state index contributed by atoms with van der Waals surface area (Å²) < 4.78 is 15.0. The summed E-state index contributed by atoms with van der Waals surface area (Å²) >= 11 is 1.64. The molecule has 0 aliphatic rings. The molecule has 1 aromatic carbocycles. The molecule has 0 amide bonds. The van der Waals surface area contributed by atoms with Crippen LogP contribution in [-0.2, 0) is 6.54 Å². The standard InChI is InChI=1S/C10H10FN3O2S/c1-17-3-2-14-9-4-6(10(15)16)7(11)5-8(9)12-13-14/h4-5H,2-3H2,1H3,(H,15,16). The first-order valence-electron chi connectivity index (χ1n) is 4.88. The number of nitrogens with zero attached hydrogens (tertiary/aromatic N) is 3. The average Bonchev–Trinajstić information content (AvgIpc) is 2.67. The molecule has 2 rings (SSSR count). The number of fused-ring (bicyclic) bond motifs is 1. The number of carbonyl (C=O) groups is 1. The Morgan fingerprint density at radius 2 is 2.35 bits per heavy atom. The van der Waals surface area contributed by atoms with Gasteiger partial charge in [0, 0.05) is 11.8 Å². The van der Waals surface area contributed by atoms with Crippen LogP contribution in [0, 0.1) is 5.82 Å². The van der Waals surface area contributed by atoms with Gasteiger partial charge in [0.05, 0.1) is 17.6 Å². The van der Waals surface area contributed by atoms with Crippen molar-refractivity contribution in [1.82, 2.24) is 15.0 Å². The monoisotopic (exact) mass is 255 g/mol. The molecule has 0 bridgehead atoms. The van der Waals surface area contributed by atoms with Crippen LogP contribution in [0.15, 0.2) is 12.1 Å². The highest BCUT2D eigenvalue weighted by molar-refractivity contribution is 7.98. The lowest BCUT2D eigenvalue weighted by molar-refractivity contribution is 0.0692. The number of aryl methyl sites for hydroxylation is 1. The van der Waals surface area contributed by atoms with Crippen molar-refractivity contribution in [3.05, 3.63) is 23.5 Å². The van der Waals surface area contributed by atoms with E-state index < -0.39 is 11.8 Å². The molecule has 2 aromatic rings. The van der Waals surface area contributed by atoms with Gasteiger partial charge in [0.25, 0.3) is 0 Å². The quantitative estimate of drug-likeness (QED) is 0.899. The molecule has 0 aliphatic carbocycles. The maximum absolute atomic E-state index is 13.4. The van der Waals surface area contributed by atoms with Crippen molar-refractivity contribution in [3.8, 4) is 0 Å². The number of hydrogen-bond acceptors (Lipinski definition) is 4. The third-order valence-corrected chi connectivity index (χ3v) is 2.93. The molecule has 0 atom stereocenters. The first-order valence-corrected chi connectivity index (χ1v) is 6.28. The summed E-state index contributed by atoms with van der Waals surface area (Å²) in [7, 11) is 0. The lowest BCUT2D eigenvalue weighted by Crippen LogP contribution is -2.04. The molecule has 1 heterocycles. The zero-order valence-corrected chi connectivity index (χ0v) is 9.87. The summed E-state index contributed by atoms with van der Waals surface area (Å²) in [6.45, 7) is 0.613. The third kappa shape index (κ3) is 2.23. The molecule has 17 heavy (non-hydrogen) atoms. The Balaban J connectivity index is 2.51. The van der Waals surface area contributed by atoms with Crippen LogP contribution in [0.5, 0.6) is 0 Å². The second kappa shape index (κ2) is 4.70. The Bertz CT molecular complexity index is 570. The molecular formula is C10H10FN3O2S. The van der Waals surface area contributed by atoms with Crippen LogP contribution in [0.25, 0.3) is 11.0 Å². The number of benzene rings is 1. The van der Waals surface area contributed by atoms with Crippen LogP contribution in [0.1, 0.15) is 10.4 Å². The fraction of sp³-hybridized carbons (Fsp3) is 0.300. The lowest BCUT2D eigenvalue weighted by Gasteiger charge is -2.01. The molecule has 0 unspecified atom stereocenters. The van der Waals surface area contributed by atoms with Gasteiger partial charge < -0.3 is 5.11 Å². The van der Waals surface area contributed by atoms with Gasteiger partial charge in [-0.15, -0.1) is 5.10 Å². The van der Waals surface area contributed by atoms with Crippen LogP contribution in [0.2, 0.25) is 0 Å². The Kier molecular flexibility index (Phi) is 3.28. The predicted octanol–water partition coefficient (Wildman–Crippen LogP) is 1.63. The van der Waals surface area contributed by atoms with E-state index in [0.29, 0.717) is 17.6 Å². The van der Waals surface area contributed by atoms with E-state index in [-0.39, 0.29) is 5.56 Å². The highest BCUT2D eigenvalue weighted by atomic mass is 32.2. The fourth-order valence-corrected chi connectivity index (χ4v) is 1.85. The van der Waals surface area contributed by atoms with E-state index in [1.54, 1.807) is 16.4 Å². The van der Waals surface area contributed by atoms with Crippen molar-refractivity contribution >= 4 is 28.8 Å². The van der Waals surface area contributed by atoms with Gasteiger partial charge in [-0.1, -0.05) is 5.21 Å². The van der Waals surface area contributed by atoms with E-state index in [0.717, 1.165) is 11.8 Å². The first kappa shape index (κ1) is 11.8. The Hall–Kier alpha value is -1.63. The number of halogens is 1. The van der Waals surface area contributed by atoms with Crippen LogP contribution < -0.4 is 0 Å². The number of carboxylic acids is 1. The lowest BCUT2D eigenvalue weighted by atomic mass is 10.2. The van der Waals surface area contributed by atoms with Crippen molar-refractivity contribution < 1.29 is 14.3 Å². The van der Waals surface area contributed by atoms with Gasteiger partial charge in [0.15, 0.2) is 0 Å². The molecule has 0 spiro atoms. The molecule has 1 aromatic heterocycles. The molecule has 0 aliphatic heterocycles. The highest BCUT2D eigenvalue weighted by Gasteiger charge is 2.14. The maximum Gasteiger partial charge on any atom is 0.338 e. The minimum absolute atomic E-state index is 0.356. The van der Waals surface area contributed by atoms with Crippen molar-refractivity contribution in [3.63, 3.8) is 0 Å². The molecular weight excluding hydrogens is 245 g/mol. The van der Waals surface area contributed by atoms with Crippen molar-refractivity contribution in [2.24, 2.45) is 0 Å². The van der Waals surface area contributed by atoms with Gasteiger partial charge >= 0.3 is 5.97 Å². The molecule has 5 nitrogen and oxygen atoms in total. The smallest absolute Gasteiger partial charge is 0.338 e. The summed E-state index contributed by atoms with van der Waals surface area (Å²) in [4.78, 5) is 10.8. The molecule has 0 radical (unpaired) electrons. The van der Waals surface area contributed by atoms with E-state index in [1.807, 2.05) is 6.26 Å². The van der Waals surface area contributed by atoms with Crippen LogP contribution in [0.4, 0.5) is 4.39 Å². The van der Waals surface area contributed by atoms with Gasteiger partial charge in [0.1, 0.15) is 11.3 Å². The topological polar surface area (TPSA) is 68.0 Å². The number of thioether (sulfide) groups is 1. The van der Waals surface area contributed by atoms with Gasteiger partial charge in [-0.3, -0.25) is 0 Å². The van der Waals surface area contributed by atoms with Gasteiger partial charge in [-0.2, -0.15) is 11.8 Å². The second-order valence-corrected chi connectivity index (χ2v) is 4.42. The van der Waals surface area contributed by atoms with Crippen molar-refractivity contribution in [2.75, 3.05) is 12.0 Å². The summed E-state index contributed by atoms with van der Waals surface area (Å²) in [5, 5.41) is 16.5. The number of carboxylic acid groups (broad SMARTS) is 1. The Morgan fingerprint density at radius 3 is 3.00 bits per heavy atom. The van der Waals surface area contributed by atoms with E-state index in [4.69, 9.17) is 5.11 Å². The molecule has 7 heteroatoms. The largest absolute Gasteiger partial charge is 0.478 e. The molecule has 0 saturated heterocycles.